The highest BCUT2D eigenvalue weighted by Crippen LogP contribution is 2.22. The van der Waals surface area contributed by atoms with Gasteiger partial charge >= 0.3 is 0 Å². The maximum absolute atomic E-state index is 13.0. The summed E-state index contributed by atoms with van der Waals surface area (Å²) in [6.45, 7) is 0.849. The van der Waals surface area contributed by atoms with Crippen LogP contribution >= 0.6 is 12.4 Å². The van der Waals surface area contributed by atoms with E-state index in [1.54, 1.807) is 6.07 Å². The molecule has 0 saturated carbocycles. The second-order valence-corrected chi connectivity index (χ2v) is 6.45. The van der Waals surface area contributed by atoms with Crippen LogP contribution in [0.4, 0.5) is 4.39 Å². The summed E-state index contributed by atoms with van der Waals surface area (Å²) in [5, 5.41) is 0. The third-order valence-corrected chi connectivity index (χ3v) is 5.08. The maximum atomic E-state index is 13.0. The minimum absolute atomic E-state index is 0. The molecule has 1 saturated heterocycles. The smallest absolute Gasteiger partial charge is 0.218 e. The average molecular weight is 309 g/mol. The van der Waals surface area contributed by atoms with Crippen LogP contribution in [-0.2, 0) is 15.8 Å². The third-order valence-electron chi connectivity index (χ3n) is 3.19. The molecule has 1 fully saturated rings. The lowest BCUT2D eigenvalue weighted by Gasteiger charge is -2.22. The van der Waals surface area contributed by atoms with E-state index in [0.717, 1.165) is 12.8 Å². The van der Waals surface area contributed by atoms with Crippen molar-refractivity contribution in [3.8, 4) is 0 Å². The summed E-state index contributed by atoms with van der Waals surface area (Å²) in [5.74, 6) is -0.583. The van der Waals surface area contributed by atoms with Crippen LogP contribution in [-0.4, -0.2) is 31.9 Å². The zero-order valence-corrected chi connectivity index (χ0v) is 12.1. The van der Waals surface area contributed by atoms with Gasteiger partial charge in [-0.2, -0.15) is 4.31 Å². The zero-order chi connectivity index (χ0) is 13.2. The van der Waals surface area contributed by atoms with Gasteiger partial charge < -0.3 is 5.73 Å². The van der Waals surface area contributed by atoms with E-state index in [2.05, 4.69) is 0 Å². The molecule has 0 aliphatic carbocycles. The first kappa shape index (κ1) is 16.4. The van der Waals surface area contributed by atoms with Crippen molar-refractivity contribution >= 4 is 22.4 Å². The van der Waals surface area contributed by atoms with Crippen LogP contribution in [0.2, 0.25) is 0 Å². The Morgan fingerprint density at radius 3 is 2.79 bits per heavy atom. The third kappa shape index (κ3) is 3.89. The first-order chi connectivity index (χ1) is 8.53. The second-order valence-electron chi connectivity index (χ2n) is 4.53. The molecule has 1 atom stereocenters. The Kier molecular flexibility index (Phi) is 5.73. The van der Waals surface area contributed by atoms with Gasteiger partial charge in [-0.1, -0.05) is 12.1 Å². The lowest BCUT2D eigenvalue weighted by Crippen LogP contribution is -2.40. The summed E-state index contributed by atoms with van der Waals surface area (Å²) >= 11 is 0. The number of sulfonamides is 1. The number of hydrogen-bond donors (Lipinski definition) is 1. The van der Waals surface area contributed by atoms with Crippen molar-refractivity contribution in [3.63, 3.8) is 0 Å². The molecule has 1 aromatic carbocycles. The van der Waals surface area contributed by atoms with E-state index < -0.39 is 15.8 Å². The number of hydrogen-bond acceptors (Lipinski definition) is 3. The molecule has 1 heterocycles. The monoisotopic (exact) mass is 308 g/mol. The number of nitrogens with zero attached hydrogens (tertiary/aromatic N) is 1. The summed E-state index contributed by atoms with van der Waals surface area (Å²) in [6.07, 6.45) is 1.64. The fraction of sp³-hybridized carbons (Fsp3) is 0.500. The molecular weight excluding hydrogens is 291 g/mol. The van der Waals surface area contributed by atoms with Gasteiger partial charge in [0, 0.05) is 19.1 Å². The molecule has 0 bridgehead atoms. The molecule has 0 aromatic heterocycles. The van der Waals surface area contributed by atoms with Gasteiger partial charge in [-0.3, -0.25) is 0 Å². The summed E-state index contributed by atoms with van der Waals surface area (Å²) in [5.41, 5.74) is 6.04. The molecule has 7 heteroatoms. The molecule has 0 spiro atoms. The lowest BCUT2D eigenvalue weighted by atomic mass is 10.2. The van der Waals surface area contributed by atoms with Crippen LogP contribution in [0.5, 0.6) is 0 Å². The van der Waals surface area contributed by atoms with Gasteiger partial charge in [-0.15, -0.1) is 12.4 Å². The minimum atomic E-state index is -3.40. The van der Waals surface area contributed by atoms with E-state index in [1.165, 1.54) is 22.5 Å². The van der Waals surface area contributed by atoms with Gasteiger partial charge in [-0.25, -0.2) is 12.8 Å². The highest BCUT2D eigenvalue weighted by molar-refractivity contribution is 7.88. The largest absolute Gasteiger partial charge is 0.329 e. The van der Waals surface area contributed by atoms with Crippen LogP contribution in [0.3, 0.4) is 0 Å². The molecule has 1 aliphatic rings. The molecule has 2 N–H and O–H groups in total. The molecule has 1 aliphatic heterocycles. The molecule has 1 aromatic rings. The summed E-state index contributed by atoms with van der Waals surface area (Å²) in [4.78, 5) is 0. The fourth-order valence-electron chi connectivity index (χ4n) is 2.33. The van der Waals surface area contributed by atoms with Crippen LogP contribution in [0, 0.1) is 5.82 Å². The SMILES string of the molecule is Cl.NCC1CCCN1S(=O)(=O)Cc1cccc(F)c1. The van der Waals surface area contributed by atoms with Crippen LogP contribution in [0.1, 0.15) is 18.4 Å². The standard InChI is InChI=1S/C12H17FN2O2S.ClH/c13-11-4-1-3-10(7-11)9-18(16,17)15-6-2-5-12(15)8-14;/h1,3-4,7,12H,2,5-6,8-9,14H2;1H. The van der Waals surface area contributed by atoms with Gasteiger partial charge in [0.1, 0.15) is 5.82 Å². The highest BCUT2D eigenvalue weighted by Gasteiger charge is 2.33. The Labute approximate surface area is 119 Å². The Morgan fingerprint density at radius 2 is 2.16 bits per heavy atom. The molecular formula is C12H18ClFN2O2S. The topological polar surface area (TPSA) is 63.4 Å². The van der Waals surface area contributed by atoms with E-state index in [-0.39, 0.29) is 24.2 Å². The Balaban J connectivity index is 0.00000180. The molecule has 2 rings (SSSR count). The van der Waals surface area contributed by atoms with Crippen molar-refractivity contribution in [1.29, 1.82) is 0 Å². The Hall–Kier alpha value is -0.690. The van der Waals surface area contributed by atoms with Crippen molar-refractivity contribution < 1.29 is 12.8 Å². The van der Waals surface area contributed by atoms with Crippen molar-refractivity contribution in [2.75, 3.05) is 13.1 Å². The van der Waals surface area contributed by atoms with Crippen molar-refractivity contribution in [2.24, 2.45) is 5.73 Å². The number of benzene rings is 1. The molecule has 1 unspecified atom stereocenters. The number of rotatable bonds is 4. The minimum Gasteiger partial charge on any atom is -0.329 e. The number of halogens is 2. The molecule has 0 amide bonds. The number of nitrogens with two attached hydrogens (primary N) is 1. The summed E-state index contributed by atoms with van der Waals surface area (Å²) in [7, 11) is -3.40. The van der Waals surface area contributed by atoms with Gasteiger partial charge in [-0.05, 0) is 30.5 Å². The highest BCUT2D eigenvalue weighted by atomic mass is 35.5. The van der Waals surface area contributed by atoms with Crippen molar-refractivity contribution in [2.45, 2.75) is 24.6 Å². The van der Waals surface area contributed by atoms with E-state index >= 15 is 0 Å². The van der Waals surface area contributed by atoms with Gasteiger partial charge in [0.05, 0.1) is 5.75 Å². The first-order valence-electron chi connectivity index (χ1n) is 5.97. The molecule has 4 nitrogen and oxygen atoms in total. The van der Waals surface area contributed by atoms with E-state index in [9.17, 15) is 12.8 Å². The van der Waals surface area contributed by atoms with Crippen molar-refractivity contribution in [3.05, 3.63) is 35.6 Å². The quantitative estimate of drug-likeness (QED) is 0.917. The molecule has 0 radical (unpaired) electrons. The zero-order valence-electron chi connectivity index (χ0n) is 10.5. The van der Waals surface area contributed by atoms with E-state index in [1.807, 2.05) is 0 Å². The fourth-order valence-corrected chi connectivity index (χ4v) is 4.15. The van der Waals surface area contributed by atoms with Crippen LogP contribution < -0.4 is 5.73 Å². The average Bonchev–Trinajstić information content (AvgIpc) is 2.77. The molecule has 19 heavy (non-hydrogen) atoms. The maximum Gasteiger partial charge on any atom is 0.218 e. The van der Waals surface area contributed by atoms with Gasteiger partial charge in [0.25, 0.3) is 0 Å². The van der Waals surface area contributed by atoms with E-state index in [0.29, 0.717) is 18.7 Å². The van der Waals surface area contributed by atoms with E-state index in [4.69, 9.17) is 5.73 Å². The summed E-state index contributed by atoms with van der Waals surface area (Å²) in [6, 6.07) is 5.59. The molecule has 108 valence electrons. The summed E-state index contributed by atoms with van der Waals surface area (Å²) < 4.78 is 39.0. The van der Waals surface area contributed by atoms with Crippen molar-refractivity contribution in [1.82, 2.24) is 4.31 Å². The Morgan fingerprint density at radius 1 is 1.42 bits per heavy atom. The second kappa shape index (κ2) is 6.65. The normalized spacial score (nSPS) is 20.2. The Bertz CT molecular complexity index is 524. The first-order valence-corrected chi connectivity index (χ1v) is 7.58. The lowest BCUT2D eigenvalue weighted by molar-refractivity contribution is 0.392. The van der Waals surface area contributed by atoms with Crippen LogP contribution in [0.25, 0.3) is 0 Å². The predicted molar refractivity (Wildman–Crippen MR) is 75.1 cm³/mol. The predicted octanol–water partition coefficient (Wildman–Crippen LogP) is 1.50. The van der Waals surface area contributed by atoms with Gasteiger partial charge in [0.2, 0.25) is 10.0 Å². The van der Waals surface area contributed by atoms with Crippen LogP contribution in [0.15, 0.2) is 24.3 Å². The van der Waals surface area contributed by atoms with Gasteiger partial charge in [0.15, 0.2) is 0 Å².